The number of halogens is 1. The van der Waals surface area contributed by atoms with Crippen LogP contribution in [0.25, 0.3) is 0 Å². The highest BCUT2D eigenvalue weighted by Crippen LogP contribution is 2.21. The molecule has 0 aliphatic heterocycles. The second-order valence-electron chi connectivity index (χ2n) is 5.23. The highest BCUT2D eigenvalue weighted by atomic mass is 35.5. The maximum absolute atomic E-state index is 12.1. The minimum absolute atomic E-state index is 0. The Hall–Kier alpha value is -1.11. The third-order valence-corrected chi connectivity index (χ3v) is 4.71. The summed E-state index contributed by atoms with van der Waals surface area (Å²) in [5.41, 5.74) is 0.923. The molecular formula is C15H25ClN2O3S. The van der Waals surface area contributed by atoms with Crippen molar-refractivity contribution in [2.24, 2.45) is 0 Å². The lowest BCUT2D eigenvalue weighted by Gasteiger charge is -2.25. The van der Waals surface area contributed by atoms with Gasteiger partial charge in [-0.1, -0.05) is 12.1 Å². The highest BCUT2D eigenvalue weighted by Gasteiger charge is 2.17. The zero-order valence-corrected chi connectivity index (χ0v) is 15.1. The zero-order chi connectivity index (χ0) is 16.0. The van der Waals surface area contributed by atoms with Crippen molar-refractivity contribution in [3.8, 4) is 0 Å². The summed E-state index contributed by atoms with van der Waals surface area (Å²) in [7, 11) is 0.452. The van der Waals surface area contributed by atoms with Crippen molar-refractivity contribution >= 4 is 28.2 Å². The molecule has 5 nitrogen and oxygen atoms in total. The first-order chi connectivity index (χ1) is 9.77. The molecule has 0 bridgehead atoms. The van der Waals surface area contributed by atoms with E-state index in [4.69, 9.17) is 0 Å². The summed E-state index contributed by atoms with van der Waals surface area (Å²) in [4.78, 5) is 14.1. The lowest BCUT2D eigenvalue weighted by Crippen LogP contribution is -2.30. The van der Waals surface area contributed by atoms with Gasteiger partial charge in [-0.05, 0) is 44.6 Å². The summed E-state index contributed by atoms with van der Waals surface area (Å²) in [5, 5.41) is 3.02. The molecule has 0 aromatic heterocycles. The van der Waals surface area contributed by atoms with Crippen LogP contribution in [0.3, 0.4) is 0 Å². The van der Waals surface area contributed by atoms with E-state index in [1.54, 1.807) is 36.2 Å². The molecule has 126 valence electrons. The minimum Gasteiger partial charge on any atom is -0.339 e. The van der Waals surface area contributed by atoms with Crippen LogP contribution in [0.1, 0.15) is 31.4 Å². The standard InChI is InChI=1S/C15H24N2O3S.ClH/c1-12(17(3)15(18)6-5-11-16-2)13-7-9-14(10-8-13)21(4,19)20;/h7-10,12,16H,5-6,11H2,1-4H3;1H. The van der Waals surface area contributed by atoms with Gasteiger partial charge in [-0.15, -0.1) is 12.4 Å². The lowest BCUT2D eigenvalue weighted by atomic mass is 10.1. The van der Waals surface area contributed by atoms with E-state index in [1.807, 2.05) is 14.0 Å². The summed E-state index contributed by atoms with van der Waals surface area (Å²) in [6, 6.07) is 6.61. The molecule has 0 saturated carbocycles. The second kappa shape index (κ2) is 9.12. The normalized spacial score (nSPS) is 12.4. The van der Waals surface area contributed by atoms with Gasteiger partial charge in [0.25, 0.3) is 0 Å². The molecule has 1 unspecified atom stereocenters. The van der Waals surface area contributed by atoms with E-state index in [0.717, 1.165) is 18.5 Å². The van der Waals surface area contributed by atoms with Crippen molar-refractivity contribution in [2.75, 3.05) is 26.9 Å². The van der Waals surface area contributed by atoms with Crippen molar-refractivity contribution in [2.45, 2.75) is 30.7 Å². The Morgan fingerprint density at radius 2 is 1.82 bits per heavy atom. The molecule has 1 aromatic rings. The molecule has 1 N–H and O–H groups in total. The quantitative estimate of drug-likeness (QED) is 0.766. The number of carbonyl (C=O) groups is 1. The van der Waals surface area contributed by atoms with Gasteiger partial charge in [0.2, 0.25) is 5.91 Å². The number of nitrogens with one attached hydrogen (secondary N) is 1. The average Bonchev–Trinajstić information content (AvgIpc) is 2.45. The number of hydrogen-bond donors (Lipinski definition) is 1. The van der Waals surface area contributed by atoms with Crippen LogP contribution in [0.5, 0.6) is 0 Å². The summed E-state index contributed by atoms with van der Waals surface area (Å²) in [5.74, 6) is 0.0879. The Morgan fingerprint density at radius 3 is 2.27 bits per heavy atom. The van der Waals surface area contributed by atoms with E-state index in [-0.39, 0.29) is 24.4 Å². The molecule has 0 saturated heterocycles. The third kappa shape index (κ3) is 5.94. The van der Waals surface area contributed by atoms with Crippen molar-refractivity contribution in [1.82, 2.24) is 10.2 Å². The maximum Gasteiger partial charge on any atom is 0.222 e. The predicted octanol–water partition coefficient (Wildman–Crippen LogP) is 2.03. The summed E-state index contributed by atoms with van der Waals surface area (Å²) in [6.07, 6.45) is 2.49. The van der Waals surface area contributed by atoms with Crippen LogP contribution in [0.2, 0.25) is 0 Å². The van der Waals surface area contributed by atoms with E-state index in [9.17, 15) is 13.2 Å². The van der Waals surface area contributed by atoms with E-state index in [2.05, 4.69) is 5.32 Å². The van der Waals surface area contributed by atoms with E-state index in [1.165, 1.54) is 6.26 Å². The van der Waals surface area contributed by atoms with Crippen LogP contribution in [-0.4, -0.2) is 46.1 Å². The zero-order valence-electron chi connectivity index (χ0n) is 13.5. The number of carbonyl (C=O) groups excluding carboxylic acids is 1. The molecule has 0 aliphatic rings. The fourth-order valence-electron chi connectivity index (χ4n) is 2.03. The van der Waals surface area contributed by atoms with Crippen LogP contribution in [0.15, 0.2) is 29.2 Å². The summed E-state index contributed by atoms with van der Waals surface area (Å²) in [6.45, 7) is 2.75. The first-order valence-electron chi connectivity index (χ1n) is 6.97. The Labute approximate surface area is 139 Å². The van der Waals surface area contributed by atoms with E-state index in [0.29, 0.717) is 11.3 Å². The summed E-state index contributed by atoms with van der Waals surface area (Å²) >= 11 is 0. The molecule has 0 radical (unpaired) electrons. The topological polar surface area (TPSA) is 66.5 Å². The molecule has 1 atom stereocenters. The van der Waals surface area contributed by atoms with Gasteiger partial charge >= 0.3 is 0 Å². The van der Waals surface area contributed by atoms with Gasteiger partial charge < -0.3 is 10.2 Å². The number of hydrogen-bond acceptors (Lipinski definition) is 4. The van der Waals surface area contributed by atoms with Crippen molar-refractivity contribution in [3.63, 3.8) is 0 Å². The van der Waals surface area contributed by atoms with Gasteiger partial charge in [-0.3, -0.25) is 4.79 Å². The molecule has 1 aromatic carbocycles. The number of benzene rings is 1. The van der Waals surface area contributed by atoms with Gasteiger partial charge in [0.15, 0.2) is 9.84 Å². The average molecular weight is 349 g/mol. The van der Waals surface area contributed by atoms with Gasteiger partial charge in [-0.25, -0.2) is 8.42 Å². The van der Waals surface area contributed by atoms with E-state index >= 15 is 0 Å². The van der Waals surface area contributed by atoms with Crippen LogP contribution in [0.4, 0.5) is 0 Å². The molecule has 0 spiro atoms. The SMILES string of the molecule is CNCCCC(=O)N(C)C(C)c1ccc(S(C)(=O)=O)cc1.Cl. The molecular weight excluding hydrogens is 324 g/mol. The maximum atomic E-state index is 12.1. The number of rotatable bonds is 7. The molecule has 22 heavy (non-hydrogen) atoms. The number of nitrogens with zero attached hydrogens (tertiary/aromatic N) is 1. The van der Waals surface area contributed by atoms with Crippen LogP contribution in [0, 0.1) is 0 Å². The summed E-state index contributed by atoms with van der Waals surface area (Å²) < 4.78 is 22.9. The fraction of sp³-hybridized carbons (Fsp3) is 0.533. The number of amides is 1. The first kappa shape index (κ1) is 20.9. The van der Waals surface area contributed by atoms with Crippen LogP contribution >= 0.6 is 12.4 Å². The Kier molecular flexibility index (Phi) is 8.66. The third-order valence-electron chi connectivity index (χ3n) is 3.58. The second-order valence-corrected chi connectivity index (χ2v) is 7.24. The van der Waals surface area contributed by atoms with Crippen LogP contribution < -0.4 is 5.32 Å². The number of sulfone groups is 1. The first-order valence-corrected chi connectivity index (χ1v) is 8.86. The van der Waals surface area contributed by atoms with Gasteiger partial charge in [0.05, 0.1) is 10.9 Å². The van der Waals surface area contributed by atoms with Crippen LogP contribution in [-0.2, 0) is 14.6 Å². The Bertz CT molecular complexity index is 573. The van der Waals surface area contributed by atoms with E-state index < -0.39 is 9.84 Å². The molecule has 1 rings (SSSR count). The molecule has 0 aliphatic carbocycles. The highest BCUT2D eigenvalue weighted by molar-refractivity contribution is 7.90. The molecule has 7 heteroatoms. The van der Waals surface area contributed by atoms with Gasteiger partial charge in [0.1, 0.15) is 0 Å². The Balaban J connectivity index is 0.00000441. The van der Waals surface area contributed by atoms with Gasteiger partial charge in [-0.2, -0.15) is 0 Å². The lowest BCUT2D eigenvalue weighted by molar-refractivity contribution is -0.131. The monoisotopic (exact) mass is 348 g/mol. The smallest absolute Gasteiger partial charge is 0.222 e. The molecule has 1 amide bonds. The van der Waals surface area contributed by atoms with Crippen molar-refractivity contribution < 1.29 is 13.2 Å². The van der Waals surface area contributed by atoms with Crippen molar-refractivity contribution in [1.29, 1.82) is 0 Å². The molecule has 0 fully saturated rings. The Morgan fingerprint density at radius 1 is 1.27 bits per heavy atom. The minimum atomic E-state index is -3.18. The van der Waals surface area contributed by atoms with Gasteiger partial charge in [0, 0.05) is 19.7 Å². The predicted molar refractivity (Wildman–Crippen MR) is 91.1 cm³/mol. The molecule has 0 heterocycles. The van der Waals surface area contributed by atoms with Crippen molar-refractivity contribution in [3.05, 3.63) is 29.8 Å². The fourth-order valence-corrected chi connectivity index (χ4v) is 2.66. The largest absolute Gasteiger partial charge is 0.339 e.